The number of piperidine rings is 1. The van der Waals surface area contributed by atoms with Crippen molar-refractivity contribution in [3.05, 3.63) is 60.2 Å². The normalized spacial score (nSPS) is 15.3. The van der Waals surface area contributed by atoms with Crippen LogP contribution in [0.4, 0.5) is 5.69 Å². The monoisotopic (exact) mass is 403 g/mol. The molecule has 2 aromatic rings. The van der Waals surface area contributed by atoms with E-state index in [2.05, 4.69) is 5.32 Å². The Hall–Kier alpha value is -2.57. The molecule has 2 aromatic carbocycles. The number of nitrogens with two attached hydrogens (primary N) is 1. The highest BCUT2D eigenvalue weighted by Gasteiger charge is 2.30. The molecule has 1 saturated heterocycles. The van der Waals surface area contributed by atoms with Crippen LogP contribution < -0.4 is 15.8 Å². The van der Waals surface area contributed by atoms with Crippen LogP contribution in [0.2, 0.25) is 0 Å². The minimum atomic E-state index is -0.662. The molecule has 0 aliphatic carbocycles. The van der Waals surface area contributed by atoms with E-state index in [4.69, 9.17) is 10.5 Å². The first kappa shape index (κ1) is 21.7. The molecule has 1 unspecified atom stereocenters. The van der Waals surface area contributed by atoms with Crippen molar-refractivity contribution in [1.29, 1.82) is 0 Å². The number of para-hydroxylation sites is 2. The van der Waals surface area contributed by atoms with Gasteiger partial charge in [0, 0.05) is 19.0 Å². The van der Waals surface area contributed by atoms with Crippen molar-refractivity contribution in [2.75, 3.05) is 25.5 Å². The number of hydrogen-bond donors (Lipinski definition) is 2. The van der Waals surface area contributed by atoms with E-state index in [-0.39, 0.29) is 30.1 Å². The van der Waals surface area contributed by atoms with Crippen LogP contribution >= 0.6 is 12.4 Å². The van der Waals surface area contributed by atoms with Gasteiger partial charge in [0.2, 0.25) is 11.8 Å². The maximum atomic E-state index is 12.6. The van der Waals surface area contributed by atoms with Gasteiger partial charge in [0.05, 0.1) is 12.8 Å². The van der Waals surface area contributed by atoms with Crippen LogP contribution in [0, 0.1) is 5.92 Å². The Morgan fingerprint density at radius 1 is 1.07 bits per heavy atom. The van der Waals surface area contributed by atoms with E-state index in [1.807, 2.05) is 54.6 Å². The van der Waals surface area contributed by atoms with Crippen molar-refractivity contribution >= 4 is 29.9 Å². The summed E-state index contributed by atoms with van der Waals surface area (Å²) in [5, 5.41) is 2.93. The summed E-state index contributed by atoms with van der Waals surface area (Å²) < 4.78 is 5.27. The van der Waals surface area contributed by atoms with Gasteiger partial charge < -0.3 is 20.7 Å². The summed E-state index contributed by atoms with van der Waals surface area (Å²) in [6.45, 7) is 1.06. The molecule has 0 aromatic heterocycles. The predicted molar refractivity (Wildman–Crippen MR) is 112 cm³/mol. The van der Waals surface area contributed by atoms with Crippen molar-refractivity contribution in [2.24, 2.45) is 11.7 Å². The lowest BCUT2D eigenvalue weighted by Crippen LogP contribution is -2.45. The summed E-state index contributed by atoms with van der Waals surface area (Å²) in [6.07, 6.45) is 1.24. The topological polar surface area (TPSA) is 84.7 Å². The quantitative estimate of drug-likeness (QED) is 0.803. The van der Waals surface area contributed by atoms with Crippen LogP contribution in [0.15, 0.2) is 54.6 Å². The fraction of sp³-hybridized carbons (Fsp3) is 0.333. The molecule has 1 heterocycles. The Morgan fingerprint density at radius 2 is 1.68 bits per heavy atom. The number of carbonyl (C=O) groups is 2. The standard InChI is InChI=1S/C21H25N3O3.ClH/c1-27-18-10-6-5-9-17(18)23-20(25)16-11-13-24(14-12-16)21(26)19(22)15-7-3-2-4-8-15;/h2-10,16,19H,11-14,22H2,1H3,(H,23,25);1H. The number of hydrogen-bond acceptors (Lipinski definition) is 4. The highest BCUT2D eigenvalue weighted by atomic mass is 35.5. The van der Waals surface area contributed by atoms with E-state index in [9.17, 15) is 9.59 Å². The summed E-state index contributed by atoms with van der Waals surface area (Å²) in [5.41, 5.74) is 7.58. The Balaban J connectivity index is 0.00000280. The van der Waals surface area contributed by atoms with Crippen LogP contribution in [0.3, 0.4) is 0 Å². The van der Waals surface area contributed by atoms with Gasteiger partial charge in [-0.1, -0.05) is 42.5 Å². The largest absolute Gasteiger partial charge is 0.495 e. The first-order valence-corrected chi connectivity index (χ1v) is 9.13. The van der Waals surface area contributed by atoms with Crippen molar-refractivity contribution < 1.29 is 14.3 Å². The first-order chi connectivity index (χ1) is 13.1. The number of likely N-dealkylation sites (tertiary alicyclic amines) is 1. The SMILES string of the molecule is COc1ccccc1NC(=O)C1CCN(C(=O)C(N)c2ccccc2)CC1.Cl. The molecular weight excluding hydrogens is 378 g/mol. The van der Waals surface area contributed by atoms with Crippen LogP contribution in [-0.4, -0.2) is 36.9 Å². The number of nitrogens with zero attached hydrogens (tertiary/aromatic N) is 1. The van der Waals surface area contributed by atoms with Gasteiger partial charge in [-0.05, 0) is 30.5 Å². The van der Waals surface area contributed by atoms with Gasteiger partial charge in [-0.3, -0.25) is 9.59 Å². The summed E-state index contributed by atoms with van der Waals surface area (Å²) in [4.78, 5) is 27.0. The van der Waals surface area contributed by atoms with Crippen LogP contribution in [-0.2, 0) is 9.59 Å². The third-order valence-electron chi connectivity index (χ3n) is 4.97. The molecular formula is C21H26ClN3O3. The van der Waals surface area contributed by atoms with Crippen molar-refractivity contribution in [2.45, 2.75) is 18.9 Å². The molecule has 0 bridgehead atoms. The molecule has 0 radical (unpaired) electrons. The van der Waals surface area contributed by atoms with Gasteiger partial charge in [-0.25, -0.2) is 0 Å². The third kappa shape index (κ3) is 5.03. The van der Waals surface area contributed by atoms with E-state index >= 15 is 0 Å². The van der Waals surface area contributed by atoms with Crippen LogP contribution in [0.5, 0.6) is 5.75 Å². The predicted octanol–water partition coefficient (Wildman–Crippen LogP) is 2.99. The number of anilines is 1. The zero-order valence-corrected chi connectivity index (χ0v) is 16.7. The van der Waals surface area contributed by atoms with Crippen LogP contribution in [0.25, 0.3) is 0 Å². The molecule has 0 saturated carbocycles. The first-order valence-electron chi connectivity index (χ1n) is 9.13. The molecule has 0 spiro atoms. The summed E-state index contributed by atoms with van der Waals surface area (Å²) in [7, 11) is 1.57. The molecule has 150 valence electrons. The maximum absolute atomic E-state index is 12.6. The Bertz CT molecular complexity index is 792. The molecule has 3 N–H and O–H groups in total. The zero-order valence-electron chi connectivity index (χ0n) is 15.8. The van der Waals surface area contributed by atoms with Gasteiger partial charge in [-0.2, -0.15) is 0 Å². The summed E-state index contributed by atoms with van der Waals surface area (Å²) in [6, 6.07) is 16.0. The van der Waals surface area contributed by atoms with Crippen molar-refractivity contribution in [1.82, 2.24) is 4.90 Å². The number of ether oxygens (including phenoxy) is 1. The molecule has 2 amide bonds. The van der Waals surface area contributed by atoms with E-state index in [1.54, 1.807) is 12.0 Å². The number of rotatable bonds is 5. The molecule has 1 aliphatic rings. The van der Waals surface area contributed by atoms with Gasteiger partial charge >= 0.3 is 0 Å². The number of methoxy groups -OCH3 is 1. The zero-order chi connectivity index (χ0) is 19.2. The smallest absolute Gasteiger partial charge is 0.244 e. The van der Waals surface area contributed by atoms with Gasteiger partial charge in [-0.15, -0.1) is 12.4 Å². The molecule has 1 atom stereocenters. The fourth-order valence-electron chi connectivity index (χ4n) is 3.34. The van der Waals surface area contributed by atoms with E-state index in [0.717, 1.165) is 5.56 Å². The second-order valence-electron chi connectivity index (χ2n) is 6.68. The Kier molecular flexibility index (Phi) is 7.84. The lowest BCUT2D eigenvalue weighted by atomic mass is 9.94. The highest BCUT2D eigenvalue weighted by molar-refractivity contribution is 5.94. The number of carbonyl (C=O) groups excluding carboxylic acids is 2. The molecule has 7 heteroatoms. The fourth-order valence-corrected chi connectivity index (χ4v) is 3.34. The summed E-state index contributed by atoms with van der Waals surface area (Å²) in [5.74, 6) is 0.364. The molecule has 3 rings (SSSR count). The third-order valence-corrected chi connectivity index (χ3v) is 4.97. The number of benzene rings is 2. The molecule has 6 nitrogen and oxygen atoms in total. The van der Waals surface area contributed by atoms with E-state index < -0.39 is 6.04 Å². The molecule has 1 fully saturated rings. The second-order valence-corrected chi connectivity index (χ2v) is 6.68. The van der Waals surface area contributed by atoms with Crippen molar-refractivity contribution in [3.63, 3.8) is 0 Å². The van der Waals surface area contributed by atoms with Crippen molar-refractivity contribution in [3.8, 4) is 5.75 Å². The molecule has 28 heavy (non-hydrogen) atoms. The van der Waals surface area contributed by atoms with Gasteiger partial charge in [0.25, 0.3) is 0 Å². The number of amides is 2. The van der Waals surface area contributed by atoms with Crippen LogP contribution in [0.1, 0.15) is 24.4 Å². The minimum Gasteiger partial charge on any atom is -0.495 e. The maximum Gasteiger partial charge on any atom is 0.244 e. The van der Waals surface area contributed by atoms with E-state index in [1.165, 1.54) is 0 Å². The van der Waals surface area contributed by atoms with E-state index in [0.29, 0.717) is 37.4 Å². The lowest BCUT2D eigenvalue weighted by Gasteiger charge is -2.33. The van der Waals surface area contributed by atoms with Gasteiger partial charge in [0.1, 0.15) is 11.8 Å². The highest BCUT2D eigenvalue weighted by Crippen LogP contribution is 2.26. The average Bonchev–Trinajstić information content (AvgIpc) is 2.73. The lowest BCUT2D eigenvalue weighted by molar-refractivity contribution is -0.135. The van der Waals surface area contributed by atoms with Gasteiger partial charge in [0.15, 0.2) is 0 Å². The second kappa shape index (κ2) is 10.1. The minimum absolute atomic E-state index is 0. The summed E-state index contributed by atoms with van der Waals surface area (Å²) >= 11 is 0. The number of halogens is 1. The average molecular weight is 404 g/mol. The number of nitrogens with one attached hydrogen (secondary N) is 1. The Labute approximate surface area is 171 Å². The Morgan fingerprint density at radius 3 is 2.32 bits per heavy atom. The molecule has 1 aliphatic heterocycles.